The lowest BCUT2D eigenvalue weighted by molar-refractivity contribution is -0.388. The zero-order chi connectivity index (χ0) is 22.2. The van der Waals surface area contributed by atoms with Gasteiger partial charge in [0.05, 0.1) is 5.60 Å². The van der Waals surface area contributed by atoms with Gasteiger partial charge in [-0.15, -0.1) is 0 Å². The average Bonchev–Trinajstić information content (AvgIpc) is 2.51. The minimum atomic E-state index is -7.42. The third-order valence-electron chi connectivity index (χ3n) is 3.72. The molecule has 27 heavy (non-hydrogen) atoms. The molecular formula is C12H15F13OSi. The van der Waals surface area contributed by atoms with E-state index in [0.29, 0.717) is 0 Å². The van der Waals surface area contributed by atoms with Crippen LogP contribution in [0.1, 0.15) is 20.3 Å². The predicted molar refractivity (Wildman–Crippen MR) is 70.2 cm³/mol. The van der Waals surface area contributed by atoms with E-state index in [1.54, 1.807) is 0 Å². The van der Waals surface area contributed by atoms with Crippen LogP contribution in [0.15, 0.2) is 0 Å². The molecule has 0 bridgehead atoms. The summed E-state index contributed by atoms with van der Waals surface area (Å²) in [5.74, 6) is -28.2. The third kappa shape index (κ3) is 4.64. The maximum Gasteiger partial charge on any atom is 0.381 e. The van der Waals surface area contributed by atoms with Crippen LogP contribution in [0.3, 0.4) is 0 Å². The van der Waals surface area contributed by atoms with Gasteiger partial charge in [-0.2, -0.15) is 35.1 Å². The molecule has 0 heterocycles. The zero-order valence-electron chi connectivity index (χ0n) is 13.8. The van der Waals surface area contributed by atoms with Crippen LogP contribution in [0.2, 0.25) is 0 Å². The summed E-state index contributed by atoms with van der Waals surface area (Å²) >= 11 is 0. The molecule has 0 saturated heterocycles. The number of alkyl halides is 13. The summed E-state index contributed by atoms with van der Waals surface area (Å²) in [6, 6.07) is 0. The first-order valence-corrected chi connectivity index (χ1v) is 7.79. The van der Waals surface area contributed by atoms with Crippen molar-refractivity contribution in [2.75, 3.05) is 0 Å². The van der Waals surface area contributed by atoms with Gasteiger partial charge in [0.25, 0.3) is 6.43 Å². The van der Waals surface area contributed by atoms with Crippen LogP contribution < -0.4 is 0 Å². The second-order valence-electron chi connectivity index (χ2n) is 6.21. The number of halogens is 13. The fraction of sp³-hybridized carbons (Fsp3) is 1.00. The van der Waals surface area contributed by atoms with Gasteiger partial charge in [0.15, 0.2) is 12.3 Å². The van der Waals surface area contributed by atoms with E-state index in [0.717, 1.165) is 13.8 Å². The number of hydrogen-bond donors (Lipinski definition) is 0. The van der Waals surface area contributed by atoms with Gasteiger partial charge in [-0.05, 0) is 13.8 Å². The fourth-order valence-electron chi connectivity index (χ4n) is 1.76. The standard InChI is InChI=1S/C12H15F13OSi/c1-8(2,26-27)3-4(13)9(18,19)11(22,23)12(24,25)10(20,21)6(15)5(14)7(16)17/h4-7H,3H2,1-2,27H3. The van der Waals surface area contributed by atoms with E-state index >= 15 is 0 Å². The van der Waals surface area contributed by atoms with E-state index in [4.69, 9.17) is 0 Å². The second-order valence-corrected chi connectivity index (χ2v) is 6.62. The van der Waals surface area contributed by atoms with Crippen molar-refractivity contribution in [2.45, 2.75) is 74.5 Å². The highest BCUT2D eigenvalue weighted by Crippen LogP contribution is 2.56. The predicted octanol–water partition coefficient (Wildman–Crippen LogP) is 4.27. The van der Waals surface area contributed by atoms with E-state index in [9.17, 15) is 57.1 Å². The van der Waals surface area contributed by atoms with Crippen LogP contribution in [-0.2, 0) is 4.43 Å². The summed E-state index contributed by atoms with van der Waals surface area (Å²) in [6.07, 6.45) is -20.4. The van der Waals surface area contributed by atoms with Gasteiger partial charge >= 0.3 is 23.7 Å². The molecule has 15 heteroatoms. The Labute approximate surface area is 147 Å². The first-order chi connectivity index (χ1) is 11.7. The Kier molecular flexibility index (Phi) is 7.73. The Morgan fingerprint density at radius 2 is 1.11 bits per heavy atom. The van der Waals surface area contributed by atoms with Crippen molar-refractivity contribution in [2.24, 2.45) is 0 Å². The van der Waals surface area contributed by atoms with Crippen molar-refractivity contribution in [1.29, 1.82) is 0 Å². The molecule has 0 rings (SSSR count). The molecule has 0 aliphatic heterocycles. The van der Waals surface area contributed by atoms with Crippen molar-refractivity contribution in [3.63, 3.8) is 0 Å². The summed E-state index contributed by atoms with van der Waals surface area (Å²) in [7, 11) is -0.223. The van der Waals surface area contributed by atoms with E-state index in [1.165, 1.54) is 0 Å². The Bertz CT molecular complexity index is 496. The molecule has 0 aliphatic rings. The highest BCUT2D eigenvalue weighted by atomic mass is 28.2. The molecule has 0 radical (unpaired) electrons. The summed E-state index contributed by atoms with van der Waals surface area (Å²) in [4.78, 5) is 0. The topological polar surface area (TPSA) is 9.23 Å². The normalized spacial score (nSPS) is 18.7. The maximum absolute atomic E-state index is 13.6. The number of rotatable bonds is 10. The summed E-state index contributed by atoms with van der Waals surface area (Å²) in [5, 5.41) is 0. The van der Waals surface area contributed by atoms with Crippen LogP contribution in [0.4, 0.5) is 57.1 Å². The van der Waals surface area contributed by atoms with E-state index in [-0.39, 0.29) is 10.5 Å². The summed E-state index contributed by atoms with van der Waals surface area (Å²) in [6.45, 7) is 1.81. The van der Waals surface area contributed by atoms with Crippen molar-refractivity contribution in [3.8, 4) is 0 Å². The van der Waals surface area contributed by atoms with Gasteiger partial charge in [-0.1, -0.05) is 0 Å². The van der Waals surface area contributed by atoms with Crippen LogP contribution in [0, 0.1) is 0 Å². The first-order valence-electron chi connectivity index (χ1n) is 6.97. The van der Waals surface area contributed by atoms with Gasteiger partial charge in [-0.25, -0.2) is 22.0 Å². The molecule has 0 aromatic rings. The van der Waals surface area contributed by atoms with E-state index in [1.807, 2.05) is 0 Å². The molecule has 1 nitrogen and oxygen atoms in total. The average molecular weight is 450 g/mol. The number of hydrogen-bond acceptors (Lipinski definition) is 1. The highest BCUT2D eigenvalue weighted by molar-refractivity contribution is 5.98. The highest BCUT2D eigenvalue weighted by Gasteiger charge is 2.84. The molecular weight excluding hydrogens is 435 g/mol. The van der Waals surface area contributed by atoms with Gasteiger partial charge < -0.3 is 4.43 Å². The Morgan fingerprint density at radius 3 is 1.44 bits per heavy atom. The van der Waals surface area contributed by atoms with Crippen LogP contribution in [-0.4, -0.2) is 64.7 Å². The third-order valence-corrected chi connectivity index (χ3v) is 4.82. The molecule has 164 valence electrons. The molecule has 0 amide bonds. The van der Waals surface area contributed by atoms with E-state index < -0.39 is 60.7 Å². The summed E-state index contributed by atoms with van der Waals surface area (Å²) in [5.41, 5.74) is -1.87. The molecule has 0 fully saturated rings. The lowest BCUT2D eigenvalue weighted by Crippen LogP contribution is -2.68. The molecule has 0 spiro atoms. The Balaban J connectivity index is 5.99. The van der Waals surface area contributed by atoms with Gasteiger partial charge in [0.2, 0.25) is 6.17 Å². The first kappa shape index (κ1) is 26.3. The maximum atomic E-state index is 13.6. The monoisotopic (exact) mass is 450 g/mol. The van der Waals surface area contributed by atoms with Gasteiger partial charge in [0.1, 0.15) is 10.5 Å². The molecule has 0 N–H and O–H groups in total. The molecule has 0 saturated carbocycles. The van der Waals surface area contributed by atoms with Gasteiger partial charge in [-0.3, -0.25) is 0 Å². The molecule has 3 unspecified atom stereocenters. The SMILES string of the molecule is CC(C)(CC(F)C(F)(F)C(F)(F)C(F)(F)C(F)(F)C(F)C(F)C(F)F)O[SiH3]. The second kappa shape index (κ2) is 7.95. The lowest BCUT2D eigenvalue weighted by Gasteiger charge is -2.40. The van der Waals surface area contributed by atoms with Crippen molar-refractivity contribution in [1.82, 2.24) is 0 Å². The molecule has 0 aromatic carbocycles. The molecule has 0 aromatic heterocycles. The van der Waals surface area contributed by atoms with Gasteiger partial charge in [0, 0.05) is 6.42 Å². The quantitative estimate of drug-likeness (QED) is 0.357. The fourth-order valence-corrected chi connectivity index (χ4v) is 1.93. The van der Waals surface area contributed by atoms with E-state index in [2.05, 4.69) is 4.43 Å². The zero-order valence-corrected chi connectivity index (χ0v) is 15.8. The smallest absolute Gasteiger partial charge is 0.381 e. The van der Waals surface area contributed by atoms with Crippen molar-refractivity contribution < 1.29 is 61.5 Å². The molecule has 0 aliphatic carbocycles. The minimum absolute atomic E-state index is 0.223. The Hall–Kier alpha value is -0.733. The largest absolute Gasteiger partial charge is 0.423 e. The van der Waals surface area contributed by atoms with Crippen LogP contribution in [0.5, 0.6) is 0 Å². The van der Waals surface area contributed by atoms with Crippen LogP contribution >= 0.6 is 0 Å². The van der Waals surface area contributed by atoms with Crippen molar-refractivity contribution >= 4 is 10.5 Å². The van der Waals surface area contributed by atoms with Crippen LogP contribution in [0.25, 0.3) is 0 Å². The minimum Gasteiger partial charge on any atom is -0.423 e. The Morgan fingerprint density at radius 1 is 0.741 bits per heavy atom. The molecule has 3 atom stereocenters. The van der Waals surface area contributed by atoms with Crippen molar-refractivity contribution in [3.05, 3.63) is 0 Å². The lowest BCUT2D eigenvalue weighted by atomic mass is 9.88. The summed E-state index contributed by atoms with van der Waals surface area (Å²) < 4.78 is 175.